The Bertz CT molecular complexity index is 643. The van der Waals surface area contributed by atoms with Gasteiger partial charge in [-0.05, 0) is 43.9 Å². The number of ether oxygens (including phenoxy) is 2. The van der Waals surface area contributed by atoms with E-state index in [1.807, 2.05) is 51.1 Å². The van der Waals surface area contributed by atoms with Crippen molar-refractivity contribution in [3.8, 4) is 0 Å². The first kappa shape index (κ1) is 18.0. The van der Waals surface area contributed by atoms with Gasteiger partial charge in [0.1, 0.15) is 5.60 Å². The third-order valence-electron chi connectivity index (χ3n) is 3.73. The fourth-order valence-electron chi connectivity index (χ4n) is 2.54. The summed E-state index contributed by atoms with van der Waals surface area (Å²) in [6.07, 6.45) is 2.80. The number of benzene rings is 1. The zero-order chi connectivity index (χ0) is 17.7. The van der Waals surface area contributed by atoms with Gasteiger partial charge in [-0.3, -0.25) is 4.79 Å². The maximum atomic E-state index is 12.1. The van der Waals surface area contributed by atoms with Crippen LogP contribution in [0.4, 0.5) is 4.79 Å². The van der Waals surface area contributed by atoms with E-state index in [0.29, 0.717) is 13.1 Å². The SMILES string of the molecule is COC(=O)Cc1cccc(C2=CCN(C(=O)OC(C)(C)C)CC2)c1. The summed E-state index contributed by atoms with van der Waals surface area (Å²) in [6.45, 7) is 6.75. The number of nitrogens with zero attached hydrogens (tertiary/aromatic N) is 1. The fourth-order valence-corrected chi connectivity index (χ4v) is 2.54. The molecule has 0 aliphatic carbocycles. The van der Waals surface area contributed by atoms with Crippen molar-refractivity contribution in [1.82, 2.24) is 4.90 Å². The molecule has 0 N–H and O–H groups in total. The molecule has 1 aromatic carbocycles. The highest BCUT2D eigenvalue weighted by atomic mass is 16.6. The van der Waals surface area contributed by atoms with Gasteiger partial charge in [-0.25, -0.2) is 4.79 Å². The minimum absolute atomic E-state index is 0.249. The average Bonchev–Trinajstić information content (AvgIpc) is 2.53. The molecule has 1 amide bonds. The van der Waals surface area contributed by atoms with Gasteiger partial charge in [-0.15, -0.1) is 0 Å². The molecule has 24 heavy (non-hydrogen) atoms. The molecule has 5 nitrogen and oxygen atoms in total. The molecule has 130 valence electrons. The molecule has 0 radical (unpaired) electrons. The third kappa shape index (κ3) is 5.11. The Morgan fingerprint density at radius 3 is 2.58 bits per heavy atom. The van der Waals surface area contributed by atoms with Gasteiger partial charge in [-0.1, -0.05) is 30.3 Å². The Labute approximate surface area is 143 Å². The van der Waals surface area contributed by atoms with E-state index in [4.69, 9.17) is 9.47 Å². The lowest BCUT2D eigenvalue weighted by Crippen LogP contribution is -2.39. The van der Waals surface area contributed by atoms with E-state index in [0.717, 1.165) is 17.5 Å². The second-order valence-electron chi connectivity index (χ2n) is 6.86. The van der Waals surface area contributed by atoms with Crippen LogP contribution in [-0.4, -0.2) is 42.8 Å². The van der Waals surface area contributed by atoms with Crippen LogP contribution in [0.3, 0.4) is 0 Å². The Morgan fingerprint density at radius 2 is 2.00 bits per heavy atom. The number of esters is 1. The molecular weight excluding hydrogens is 306 g/mol. The highest BCUT2D eigenvalue weighted by Gasteiger charge is 2.23. The van der Waals surface area contributed by atoms with E-state index in [-0.39, 0.29) is 18.5 Å². The summed E-state index contributed by atoms with van der Waals surface area (Å²) in [5.41, 5.74) is 2.71. The Hall–Kier alpha value is -2.30. The topological polar surface area (TPSA) is 55.8 Å². The van der Waals surface area contributed by atoms with Crippen LogP contribution in [0.1, 0.15) is 38.3 Å². The smallest absolute Gasteiger partial charge is 0.410 e. The molecule has 0 saturated heterocycles. The van der Waals surface area contributed by atoms with Crippen LogP contribution in [0.15, 0.2) is 30.3 Å². The highest BCUT2D eigenvalue weighted by molar-refractivity contribution is 5.75. The molecule has 0 bridgehead atoms. The van der Waals surface area contributed by atoms with Crippen molar-refractivity contribution in [3.63, 3.8) is 0 Å². The largest absolute Gasteiger partial charge is 0.469 e. The highest BCUT2D eigenvalue weighted by Crippen LogP contribution is 2.24. The maximum absolute atomic E-state index is 12.1. The molecule has 0 atom stereocenters. The first-order valence-corrected chi connectivity index (χ1v) is 8.11. The van der Waals surface area contributed by atoms with Crippen LogP contribution < -0.4 is 0 Å². The van der Waals surface area contributed by atoms with Crippen LogP contribution in [0.5, 0.6) is 0 Å². The van der Waals surface area contributed by atoms with Crippen LogP contribution >= 0.6 is 0 Å². The molecule has 0 aromatic heterocycles. The minimum Gasteiger partial charge on any atom is -0.469 e. The second-order valence-corrected chi connectivity index (χ2v) is 6.86. The third-order valence-corrected chi connectivity index (χ3v) is 3.73. The first-order chi connectivity index (χ1) is 11.3. The van der Waals surface area contributed by atoms with Gasteiger partial charge >= 0.3 is 12.1 Å². The van der Waals surface area contributed by atoms with Gasteiger partial charge in [0.15, 0.2) is 0 Å². The second kappa shape index (κ2) is 7.51. The normalized spacial score (nSPS) is 14.8. The van der Waals surface area contributed by atoms with E-state index in [2.05, 4.69) is 0 Å². The monoisotopic (exact) mass is 331 g/mol. The van der Waals surface area contributed by atoms with Crippen molar-refractivity contribution >= 4 is 17.6 Å². The van der Waals surface area contributed by atoms with E-state index in [9.17, 15) is 9.59 Å². The number of hydrogen-bond acceptors (Lipinski definition) is 4. The van der Waals surface area contributed by atoms with Crippen molar-refractivity contribution in [3.05, 3.63) is 41.5 Å². The summed E-state index contributed by atoms with van der Waals surface area (Å²) in [6, 6.07) is 7.88. The number of rotatable bonds is 3. The van der Waals surface area contributed by atoms with Crippen LogP contribution in [0.2, 0.25) is 0 Å². The van der Waals surface area contributed by atoms with E-state index >= 15 is 0 Å². The average molecular weight is 331 g/mol. The summed E-state index contributed by atoms with van der Waals surface area (Å²) in [4.78, 5) is 25.2. The number of methoxy groups -OCH3 is 1. The van der Waals surface area contributed by atoms with Gasteiger partial charge < -0.3 is 14.4 Å². The van der Waals surface area contributed by atoms with E-state index in [1.165, 1.54) is 12.7 Å². The van der Waals surface area contributed by atoms with Crippen molar-refractivity contribution in [2.24, 2.45) is 0 Å². The quantitative estimate of drug-likeness (QED) is 0.796. The number of carbonyl (C=O) groups is 2. The summed E-state index contributed by atoms with van der Waals surface area (Å²) in [5.74, 6) is -0.249. The number of hydrogen-bond donors (Lipinski definition) is 0. The zero-order valence-electron chi connectivity index (χ0n) is 14.8. The predicted octanol–water partition coefficient (Wildman–Crippen LogP) is 3.43. The Morgan fingerprint density at radius 1 is 1.25 bits per heavy atom. The molecule has 0 spiro atoms. The van der Waals surface area contributed by atoms with Gasteiger partial charge in [0.05, 0.1) is 13.5 Å². The zero-order valence-corrected chi connectivity index (χ0v) is 14.8. The van der Waals surface area contributed by atoms with Crippen LogP contribution in [0, 0.1) is 0 Å². The molecule has 1 heterocycles. The van der Waals surface area contributed by atoms with Crippen molar-refractivity contribution in [1.29, 1.82) is 0 Å². The summed E-state index contributed by atoms with van der Waals surface area (Å²) < 4.78 is 10.1. The van der Waals surface area contributed by atoms with Crippen molar-refractivity contribution in [2.75, 3.05) is 20.2 Å². The lowest BCUT2D eigenvalue weighted by atomic mass is 9.97. The summed E-state index contributed by atoms with van der Waals surface area (Å²) in [7, 11) is 1.39. The van der Waals surface area contributed by atoms with Gasteiger partial charge in [0.25, 0.3) is 0 Å². The minimum atomic E-state index is -0.483. The molecule has 0 unspecified atom stereocenters. The predicted molar refractivity (Wildman–Crippen MR) is 92.6 cm³/mol. The number of amides is 1. The van der Waals surface area contributed by atoms with Gasteiger partial charge in [-0.2, -0.15) is 0 Å². The van der Waals surface area contributed by atoms with Crippen molar-refractivity contribution < 1.29 is 19.1 Å². The molecule has 0 saturated carbocycles. The molecule has 0 fully saturated rings. The summed E-state index contributed by atoms with van der Waals surface area (Å²) >= 11 is 0. The summed E-state index contributed by atoms with van der Waals surface area (Å²) in [5, 5.41) is 0. The molecule has 1 aromatic rings. The molecule has 2 rings (SSSR count). The first-order valence-electron chi connectivity index (χ1n) is 8.11. The Kier molecular flexibility index (Phi) is 5.65. The number of carbonyl (C=O) groups excluding carboxylic acids is 2. The van der Waals surface area contributed by atoms with E-state index in [1.54, 1.807) is 4.90 Å². The lowest BCUT2D eigenvalue weighted by molar-refractivity contribution is -0.139. The van der Waals surface area contributed by atoms with Crippen LogP contribution in [0.25, 0.3) is 5.57 Å². The van der Waals surface area contributed by atoms with Gasteiger partial charge in [0.2, 0.25) is 0 Å². The standard InChI is InChI=1S/C19H25NO4/c1-19(2,3)24-18(22)20-10-8-15(9-11-20)16-7-5-6-14(12-16)13-17(21)23-4/h5-8,12H,9-11,13H2,1-4H3. The van der Waals surface area contributed by atoms with Crippen molar-refractivity contribution in [2.45, 2.75) is 39.2 Å². The fraction of sp³-hybridized carbons (Fsp3) is 0.474. The molecule has 5 heteroatoms. The molecular formula is C19H25NO4. The molecule has 1 aliphatic heterocycles. The Balaban J connectivity index is 2.03. The maximum Gasteiger partial charge on any atom is 0.410 e. The molecule has 1 aliphatic rings. The van der Waals surface area contributed by atoms with Crippen LogP contribution in [-0.2, 0) is 20.7 Å². The van der Waals surface area contributed by atoms with E-state index < -0.39 is 5.60 Å². The lowest BCUT2D eigenvalue weighted by Gasteiger charge is -2.29. The van der Waals surface area contributed by atoms with Gasteiger partial charge in [0, 0.05) is 13.1 Å².